The van der Waals surface area contributed by atoms with Crippen LogP contribution >= 0.6 is 11.6 Å². The fraction of sp³-hybridized carbons (Fsp3) is 0.611. The molecule has 126 valence electrons. The Morgan fingerprint density at radius 1 is 1.09 bits per heavy atom. The molecule has 3 rings (SSSR count). The highest BCUT2D eigenvalue weighted by Gasteiger charge is 2.36. The molecular weight excluding hydrogens is 310 g/mol. The fourth-order valence-corrected chi connectivity index (χ4v) is 4.01. The SMILES string of the molecule is O=CCN1CCN(NCC2(c3ccc(Cl)cc3)CCCC2)CC1. The number of hydrogen-bond donors (Lipinski definition) is 1. The topological polar surface area (TPSA) is 35.6 Å². The smallest absolute Gasteiger partial charge is 0.133 e. The average Bonchev–Trinajstić information content (AvgIpc) is 3.05. The van der Waals surface area contributed by atoms with E-state index in [1.54, 1.807) is 0 Å². The predicted molar refractivity (Wildman–Crippen MR) is 93.7 cm³/mol. The van der Waals surface area contributed by atoms with Crippen LogP contribution in [0.1, 0.15) is 31.2 Å². The summed E-state index contributed by atoms with van der Waals surface area (Å²) in [6, 6.07) is 8.40. The number of aldehydes is 1. The van der Waals surface area contributed by atoms with Crippen LogP contribution in [-0.2, 0) is 10.2 Å². The molecule has 1 aromatic rings. The van der Waals surface area contributed by atoms with E-state index in [1.165, 1.54) is 31.2 Å². The quantitative estimate of drug-likeness (QED) is 0.810. The second-order valence-electron chi connectivity index (χ2n) is 6.78. The number of nitrogens with one attached hydrogen (secondary N) is 1. The fourth-order valence-electron chi connectivity index (χ4n) is 3.88. The van der Waals surface area contributed by atoms with E-state index in [1.807, 2.05) is 12.1 Å². The third-order valence-corrected chi connectivity index (χ3v) is 5.62. The number of rotatable bonds is 6. The van der Waals surface area contributed by atoms with Crippen molar-refractivity contribution < 1.29 is 4.79 Å². The van der Waals surface area contributed by atoms with Crippen molar-refractivity contribution in [3.05, 3.63) is 34.9 Å². The van der Waals surface area contributed by atoms with Crippen LogP contribution in [0.2, 0.25) is 5.02 Å². The molecule has 1 heterocycles. The molecule has 0 atom stereocenters. The molecule has 4 nitrogen and oxygen atoms in total. The molecule has 1 N–H and O–H groups in total. The first-order chi connectivity index (χ1) is 11.2. The monoisotopic (exact) mass is 335 g/mol. The molecule has 1 saturated carbocycles. The lowest BCUT2D eigenvalue weighted by Gasteiger charge is -2.37. The number of piperazine rings is 1. The minimum absolute atomic E-state index is 0.241. The summed E-state index contributed by atoms with van der Waals surface area (Å²) in [6.45, 7) is 5.42. The lowest BCUT2D eigenvalue weighted by atomic mass is 9.79. The summed E-state index contributed by atoms with van der Waals surface area (Å²) in [6.07, 6.45) is 6.09. The third kappa shape index (κ3) is 4.13. The molecule has 1 aliphatic heterocycles. The third-order valence-electron chi connectivity index (χ3n) is 5.36. The number of carbonyl (C=O) groups excluding carboxylic acids is 1. The molecule has 1 aliphatic carbocycles. The van der Waals surface area contributed by atoms with Crippen LogP contribution in [0.3, 0.4) is 0 Å². The molecule has 2 fully saturated rings. The van der Waals surface area contributed by atoms with E-state index < -0.39 is 0 Å². The number of hydrogen-bond acceptors (Lipinski definition) is 4. The van der Waals surface area contributed by atoms with Gasteiger partial charge in [0.2, 0.25) is 0 Å². The number of benzene rings is 1. The maximum Gasteiger partial charge on any atom is 0.133 e. The summed E-state index contributed by atoms with van der Waals surface area (Å²) in [4.78, 5) is 12.8. The Labute approximate surface area is 143 Å². The van der Waals surface area contributed by atoms with Crippen LogP contribution in [-0.4, -0.2) is 55.5 Å². The Kier molecular flexibility index (Phi) is 5.70. The molecule has 0 radical (unpaired) electrons. The minimum Gasteiger partial charge on any atom is -0.302 e. The van der Waals surface area contributed by atoms with Crippen LogP contribution in [0, 0.1) is 0 Å². The highest BCUT2D eigenvalue weighted by molar-refractivity contribution is 6.30. The molecule has 0 aromatic heterocycles. The van der Waals surface area contributed by atoms with Crippen molar-refractivity contribution in [2.75, 3.05) is 39.3 Å². The number of hydrazine groups is 1. The van der Waals surface area contributed by atoms with Crippen molar-refractivity contribution >= 4 is 17.9 Å². The first-order valence-electron chi connectivity index (χ1n) is 8.62. The van der Waals surface area contributed by atoms with Crippen LogP contribution in [0.4, 0.5) is 0 Å². The predicted octanol–water partition coefficient (Wildman–Crippen LogP) is 2.47. The first kappa shape index (κ1) is 16.9. The van der Waals surface area contributed by atoms with Gasteiger partial charge in [-0.3, -0.25) is 10.3 Å². The Morgan fingerprint density at radius 2 is 1.74 bits per heavy atom. The van der Waals surface area contributed by atoms with Gasteiger partial charge < -0.3 is 4.79 Å². The zero-order valence-corrected chi connectivity index (χ0v) is 14.4. The van der Waals surface area contributed by atoms with E-state index in [-0.39, 0.29) is 5.41 Å². The minimum atomic E-state index is 0.241. The lowest BCUT2D eigenvalue weighted by molar-refractivity contribution is -0.109. The molecule has 5 heteroatoms. The molecule has 1 aromatic carbocycles. The Morgan fingerprint density at radius 3 is 2.35 bits per heavy atom. The van der Waals surface area contributed by atoms with Gasteiger partial charge in [-0.2, -0.15) is 0 Å². The highest BCUT2D eigenvalue weighted by Crippen LogP contribution is 2.41. The number of carbonyl (C=O) groups is 1. The van der Waals surface area contributed by atoms with Gasteiger partial charge in [-0.05, 0) is 30.5 Å². The number of halogens is 1. The Bertz CT molecular complexity index is 506. The van der Waals surface area contributed by atoms with Crippen LogP contribution in [0.15, 0.2) is 24.3 Å². The molecule has 23 heavy (non-hydrogen) atoms. The van der Waals surface area contributed by atoms with E-state index in [9.17, 15) is 4.79 Å². The zero-order chi connectivity index (χ0) is 16.1. The van der Waals surface area contributed by atoms with Crippen molar-refractivity contribution in [2.45, 2.75) is 31.1 Å². The van der Waals surface area contributed by atoms with E-state index in [4.69, 9.17) is 11.6 Å². The molecule has 1 saturated heterocycles. The summed E-state index contributed by atoms with van der Waals surface area (Å²) in [5.41, 5.74) is 5.31. The Hall–Kier alpha value is -0.940. The van der Waals surface area contributed by atoms with E-state index in [0.29, 0.717) is 6.54 Å². The maximum atomic E-state index is 10.6. The van der Waals surface area contributed by atoms with Gasteiger partial charge in [0.15, 0.2) is 0 Å². The zero-order valence-electron chi connectivity index (χ0n) is 13.6. The van der Waals surface area contributed by atoms with Gasteiger partial charge in [-0.1, -0.05) is 36.6 Å². The normalized spacial score (nSPS) is 22.3. The molecule has 0 bridgehead atoms. The van der Waals surface area contributed by atoms with Gasteiger partial charge in [-0.15, -0.1) is 0 Å². The standard InChI is InChI=1S/C18H26ClN3O/c19-17-5-3-16(4-6-17)18(7-1-2-8-18)15-20-22-11-9-21(10-12-22)13-14-23/h3-6,14,20H,1-2,7-13,15H2. The van der Waals surface area contributed by atoms with Crippen LogP contribution < -0.4 is 5.43 Å². The van der Waals surface area contributed by atoms with Gasteiger partial charge in [0.05, 0.1) is 6.54 Å². The first-order valence-corrected chi connectivity index (χ1v) is 9.00. The van der Waals surface area contributed by atoms with Gasteiger partial charge in [-0.25, -0.2) is 5.01 Å². The molecule has 0 spiro atoms. The number of nitrogens with zero attached hydrogens (tertiary/aromatic N) is 2. The van der Waals surface area contributed by atoms with Crippen LogP contribution in [0.5, 0.6) is 0 Å². The maximum absolute atomic E-state index is 10.6. The summed E-state index contributed by atoms with van der Waals surface area (Å²) in [7, 11) is 0. The summed E-state index contributed by atoms with van der Waals surface area (Å²) < 4.78 is 0. The average molecular weight is 336 g/mol. The summed E-state index contributed by atoms with van der Waals surface area (Å²) >= 11 is 6.05. The van der Waals surface area contributed by atoms with Crippen molar-refractivity contribution in [1.29, 1.82) is 0 Å². The van der Waals surface area contributed by atoms with Gasteiger partial charge in [0, 0.05) is 43.2 Å². The van der Waals surface area contributed by atoms with Crippen molar-refractivity contribution in [3.8, 4) is 0 Å². The molecule has 0 amide bonds. The van der Waals surface area contributed by atoms with Gasteiger partial charge >= 0.3 is 0 Å². The second kappa shape index (κ2) is 7.75. The van der Waals surface area contributed by atoms with Crippen molar-refractivity contribution in [2.24, 2.45) is 0 Å². The van der Waals surface area contributed by atoms with Crippen molar-refractivity contribution in [1.82, 2.24) is 15.3 Å². The molecule has 0 unspecified atom stereocenters. The molecule has 2 aliphatic rings. The Balaban J connectivity index is 1.58. The summed E-state index contributed by atoms with van der Waals surface area (Å²) in [5, 5.41) is 3.12. The van der Waals surface area contributed by atoms with E-state index in [2.05, 4.69) is 27.5 Å². The van der Waals surface area contributed by atoms with Crippen molar-refractivity contribution in [3.63, 3.8) is 0 Å². The van der Waals surface area contributed by atoms with Crippen LogP contribution in [0.25, 0.3) is 0 Å². The second-order valence-corrected chi connectivity index (χ2v) is 7.22. The largest absolute Gasteiger partial charge is 0.302 e. The summed E-state index contributed by atoms with van der Waals surface area (Å²) in [5.74, 6) is 0. The van der Waals surface area contributed by atoms with E-state index >= 15 is 0 Å². The lowest BCUT2D eigenvalue weighted by Crippen LogP contribution is -2.54. The molecular formula is C18H26ClN3O. The van der Waals surface area contributed by atoms with Gasteiger partial charge in [0.1, 0.15) is 6.29 Å². The van der Waals surface area contributed by atoms with Gasteiger partial charge in [0.25, 0.3) is 0 Å². The van der Waals surface area contributed by atoms with E-state index in [0.717, 1.165) is 44.0 Å². The highest BCUT2D eigenvalue weighted by atomic mass is 35.5.